The normalized spacial score (nSPS) is 16.7. The fourth-order valence-electron chi connectivity index (χ4n) is 3.42. The Morgan fingerprint density at radius 2 is 1.43 bits per heavy atom. The van der Waals surface area contributed by atoms with E-state index in [9.17, 15) is 0 Å². The van der Waals surface area contributed by atoms with Gasteiger partial charge in [-0.3, -0.25) is 0 Å². The lowest BCUT2D eigenvalue weighted by molar-refractivity contribution is 0.224. The van der Waals surface area contributed by atoms with Gasteiger partial charge in [0.15, 0.2) is 0 Å². The van der Waals surface area contributed by atoms with Crippen molar-refractivity contribution in [3.05, 3.63) is 0 Å². The molecule has 1 fully saturated rings. The summed E-state index contributed by atoms with van der Waals surface area (Å²) in [4.78, 5) is 2.66. The molecule has 0 radical (unpaired) electrons. The minimum absolute atomic E-state index is 0.782. The van der Waals surface area contributed by atoms with E-state index in [1.807, 2.05) is 0 Å². The van der Waals surface area contributed by atoms with Gasteiger partial charge in [0, 0.05) is 6.04 Å². The Kier molecular flexibility index (Phi) is 12.3. The van der Waals surface area contributed by atoms with Crippen molar-refractivity contribution in [2.75, 3.05) is 26.2 Å². The van der Waals surface area contributed by atoms with Gasteiger partial charge in [-0.05, 0) is 58.3 Å². The van der Waals surface area contributed by atoms with Crippen molar-refractivity contribution in [1.82, 2.24) is 10.2 Å². The van der Waals surface area contributed by atoms with E-state index >= 15 is 0 Å². The molecule has 0 aromatic heterocycles. The molecule has 0 atom stereocenters. The molecule has 1 N–H and O–H groups in total. The lowest BCUT2D eigenvalue weighted by Gasteiger charge is -2.27. The Bertz CT molecular complexity index is 202. The largest absolute Gasteiger partial charge is 0.314 e. The lowest BCUT2D eigenvalue weighted by Crippen LogP contribution is -2.35. The number of unbranched alkanes of at least 4 members (excludes halogenated alkanes) is 4. The topological polar surface area (TPSA) is 15.3 Å². The van der Waals surface area contributed by atoms with Crippen LogP contribution in [-0.4, -0.2) is 37.1 Å². The van der Waals surface area contributed by atoms with E-state index in [0.717, 1.165) is 6.04 Å². The molecule has 1 saturated heterocycles. The van der Waals surface area contributed by atoms with Crippen LogP contribution in [0.2, 0.25) is 0 Å². The second kappa shape index (κ2) is 13.6. The Morgan fingerprint density at radius 3 is 2.00 bits per heavy atom. The van der Waals surface area contributed by atoms with Crippen molar-refractivity contribution in [3.63, 3.8) is 0 Å². The number of likely N-dealkylation sites (tertiary alicyclic amines) is 1. The summed E-state index contributed by atoms with van der Waals surface area (Å²) in [7, 11) is 0. The van der Waals surface area contributed by atoms with Gasteiger partial charge in [-0.2, -0.15) is 0 Å². The van der Waals surface area contributed by atoms with E-state index in [0.29, 0.717) is 0 Å². The highest BCUT2D eigenvalue weighted by Crippen LogP contribution is 2.12. The zero-order valence-corrected chi connectivity index (χ0v) is 14.8. The molecule has 0 amide bonds. The molecule has 0 saturated carbocycles. The van der Waals surface area contributed by atoms with Crippen LogP contribution in [0.1, 0.15) is 90.9 Å². The van der Waals surface area contributed by atoms with Gasteiger partial charge in [-0.15, -0.1) is 0 Å². The molecule has 126 valence electrons. The van der Waals surface area contributed by atoms with Crippen LogP contribution in [-0.2, 0) is 0 Å². The molecule has 0 aliphatic carbocycles. The van der Waals surface area contributed by atoms with E-state index in [1.54, 1.807) is 0 Å². The second-order valence-electron chi connectivity index (χ2n) is 6.90. The summed E-state index contributed by atoms with van der Waals surface area (Å²) in [5.41, 5.74) is 0. The van der Waals surface area contributed by atoms with Crippen molar-refractivity contribution >= 4 is 0 Å². The first-order valence-corrected chi connectivity index (χ1v) is 9.82. The SMILES string of the molecule is CCCCCC(CCCCC)NCCCN1CCCCC1. The van der Waals surface area contributed by atoms with Gasteiger partial charge < -0.3 is 10.2 Å². The van der Waals surface area contributed by atoms with Crippen molar-refractivity contribution in [3.8, 4) is 0 Å². The molecule has 0 aromatic carbocycles. The summed E-state index contributed by atoms with van der Waals surface area (Å²) in [6.45, 7) is 9.83. The van der Waals surface area contributed by atoms with Gasteiger partial charge in [-0.1, -0.05) is 58.8 Å². The van der Waals surface area contributed by atoms with Crippen LogP contribution in [0.5, 0.6) is 0 Å². The first-order valence-electron chi connectivity index (χ1n) is 9.82. The zero-order chi connectivity index (χ0) is 15.2. The maximum Gasteiger partial charge on any atom is 0.00670 e. The number of nitrogens with zero attached hydrogens (tertiary/aromatic N) is 1. The van der Waals surface area contributed by atoms with Gasteiger partial charge in [0.2, 0.25) is 0 Å². The summed E-state index contributed by atoms with van der Waals surface area (Å²) in [5.74, 6) is 0. The van der Waals surface area contributed by atoms with Gasteiger partial charge >= 0.3 is 0 Å². The Labute approximate surface area is 134 Å². The smallest absolute Gasteiger partial charge is 0.00670 e. The van der Waals surface area contributed by atoms with Crippen LogP contribution >= 0.6 is 0 Å². The quantitative estimate of drug-likeness (QED) is 0.482. The fourth-order valence-corrected chi connectivity index (χ4v) is 3.42. The number of rotatable bonds is 13. The summed E-state index contributed by atoms with van der Waals surface area (Å²) >= 11 is 0. The fraction of sp³-hybridized carbons (Fsp3) is 1.00. The second-order valence-corrected chi connectivity index (χ2v) is 6.90. The van der Waals surface area contributed by atoms with Crippen LogP contribution in [0.25, 0.3) is 0 Å². The molecule has 1 rings (SSSR count). The van der Waals surface area contributed by atoms with E-state index in [-0.39, 0.29) is 0 Å². The van der Waals surface area contributed by atoms with Crippen LogP contribution in [0.4, 0.5) is 0 Å². The molecule has 0 aromatic rings. The van der Waals surface area contributed by atoms with Crippen LogP contribution in [0.15, 0.2) is 0 Å². The highest BCUT2D eigenvalue weighted by Gasteiger charge is 2.10. The number of nitrogens with one attached hydrogen (secondary N) is 1. The molecule has 2 heteroatoms. The van der Waals surface area contributed by atoms with Crippen molar-refractivity contribution in [2.24, 2.45) is 0 Å². The van der Waals surface area contributed by atoms with E-state index in [4.69, 9.17) is 0 Å². The van der Waals surface area contributed by atoms with Gasteiger partial charge in [0.1, 0.15) is 0 Å². The number of hydrogen-bond acceptors (Lipinski definition) is 2. The predicted octanol–water partition coefficient (Wildman–Crippen LogP) is 4.98. The minimum atomic E-state index is 0.782. The minimum Gasteiger partial charge on any atom is -0.314 e. The molecule has 0 unspecified atom stereocenters. The van der Waals surface area contributed by atoms with Gasteiger partial charge in [-0.25, -0.2) is 0 Å². The summed E-state index contributed by atoms with van der Waals surface area (Å²) in [6.07, 6.45) is 16.7. The third kappa shape index (κ3) is 10.3. The van der Waals surface area contributed by atoms with Crippen molar-refractivity contribution in [2.45, 2.75) is 96.9 Å². The van der Waals surface area contributed by atoms with E-state index in [2.05, 4.69) is 24.1 Å². The standard InChI is InChI=1S/C19H40N2/c1-3-5-8-13-19(14-9-6-4-2)20-15-12-18-21-16-10-7-11-17-21/h19-20H,3-18H2,1-2H3. The van der Waals surface area contributed by atoms with Gasteiger partial charge in [0.25, 0.3) is 0 Å². The van der Waals surface area contributed by atoms with Crippen molar-refractivity contribution < 1.29 is 0 Å². The highest BCUT2D eigenvalue weighted by molar-refractivity contribution is 4.69. The van der Waals surface area contributed by atoms with E-state index < -0.39 is 0 Å². The average molecular weight is 297 g/mol. The van der Waals surface area contributed by atoms with Crippen LogP contribution in [0, 0.1) is 0 Å². The predicted molar refractivity (Wildman–Crippen MR) is 95.0 cm³/mol. The summed E-state index contributed by atoms with van der Waals surface area (Å²) in [6, 6.07) is 0.782. The van der Waals surface area contributed by atoms with Crippen molar-refractivity contribution in [1.29, 1.82) is 0 Å². The Balaban J connectivity index is 2.08. The first-order chi connectivity index (χ1) is 10.4. The van der Waals surface area contributed by atoms with Crippen LogP contribution < -0.4 is 5.32 Å². The molecule has 1 aliphatic heterocycles. The maximum atomic E-state index is 3.85. The zero-order valence-electron chi connectivity index (χ0n) is 14.8. The number of piperidine rings is 1. The number of hydrogen-bond donors (Lipinski definition) is 1. The molecule has 0 spiro atoms. The molecule has 2 nitrogen and oxygen atoms in total. The summed E-state index contributed by atoms with van der Waals surface area (Å²) < 4.78 is 0. The van der Waals surface area contributed by atoms with Gasteiger partial charge in [0.05, 0.1) is 0 Å². The maximum absolute atomic E-state index is 3.85. The molecule has 21 heavy (non-hydrogen) atoms. The van der Waals surface area contributed by atoms with Crippen LogP contribution in [0.3, 0.4) is 0 Å². The first kappa shape index (κ1) is 19.0. The Morgan fingerprint density at radius 1 is 0.810 bits per heavy atom. The molecular weight excluding hydrogens is 256 g/mol. The molecule has 1 heterocycles. The monoisotopic (exact) mass is 296 g/mol. The highest BCUT2D eigenvalue weighted by atomic mass is 15.1. The third-order valence-electron chi connectivity index (χ3n) is 4.85. The summed E-state index contributed by atoms with van der Waals surface area (Å²) in [5, 5.41) is 3.85. The molecule has 1 aliphatic rings. The molecular formula is C19H40N2. The lowest BCUT2D eigenvalue weighted by atomic mass is 10.0. The molecule has 0 bridgehead atoms. The van der Waals surface area contributed by atoms with E-state index in [1.165, 1.54) is 103 Å². The Hall–Kier alpha value is -0.0800. The average Bonchev–Trinajstić information content (AvgIpc) is 2.52. The third-order valence-corrected chi connectivity index (χ3v) is 4.85.